The summed E-state index contributed by atoms with van der Waals surface area (Å²) in [4.78, 5) is 2.43. The van der Waals surface area contributed by atoms with Crippen LogP contribution < -0.4 is 10.2 Å². The molecule has 2 nitrogen and oxygen atoms in total. The van der Waals surface area contributed by atoms with Crippen LogP contribution in [0.15, 0.2) is 24.3 Å². The van der Waals surface area contributed by atoms with Crippen molar-refractivity contribution in [2.24, 2.45) is 11.8 Å². The van der Waals surface area contributed by atoms with Crippen LogP contribution in [-0.2, 0) is 0 Å². The number of halogens is 1. The zero-order valence-electron chi connectivity index (χ0n) is 13.7. The van der Waals surface area contributed by atoms with Crippen molar-refractivity contribution in [2.45, 2.75) is 51.5 Å². The molecule has 22 heavy (non-hydrogen) atoms. The molecule has 2 unspecified atom stereocenters. The van der Waals surface area contributed by atoms with Gasteiger partial charge in [0.2, 0.25) is 0 Å². The first-order chi connectivity index (χ1) is 10.7. The van der Waals surface area contributed by atoms with Crippen LogP contribution in [0, 0.1) is 17.7 Å². The number of nitrogens with one attached hydrogen (secondary N) is 1. The minimum atomic E-state index is -0.149. The Morgan fingerprint density at radius 3 is 2.50 bits per heavy atom. The predicted molar refractivity (Wildman–Crippen MR) is 90.8 cm³/mol. The van der Waals surface area contributed by atoms with Gasteiger partial charge in [-0.2, -0.15) is 0 Å². The lowest BCUT2D eigenvalue weighted by atomic mass is 9.91. The van der Waals surface area contributed by atoms with Gasteiger partial charge in [0.05, 0.1) is 0 Å². The van der Waals surface area contributed by atoms with Crippen LogP contribution in [0.4, 0.5) is 10.1 Å². The number of hydrogen-bond acceptors (Lipinski definition) is 2. The van der Waals surface area contributed by atoms with E-state index >= 15 is 0 Å². The quantitative estimate of drug-likeness (QED) is 0.876. The molecule has 1 aliphatic carbocycles. The van der Waals surface area contributed by atoms with Crippen molar-refractivity contribution >= 4 is 5.69 Å². The summed E-state index contributed by atoms with van der Waals surface area (Å²) in [6.45, 7) is 5.61. The number of benzene rings is 1. The summed E-state index contributed by atoms with van der Waals surface area (Å²) in [7, 11) is 0. The molecule has 2 fully saturated rings. The maximum absolute atomic E-state index is 13.1. The van der Waals surface area contributed by atoms with Crippen LogP contribution in [0.25, 0.3) is 0 Å². The summed E-state index contributed by atoms with van der Waals surface area (Å²) >= 11 is 0. The normalized spacial score (nSPS) is 26.5. The Bertz CT molecular complexity index is 453. The number of nitrogens with zero attached hydrogens (tertiary/aromatic N) is 1. The first-order valence-electron chi connectivity index (χ1n) is 8.98. The van der Waals surface area contributed by atoms with Crippen molar-refractivity contribution in [1.82, 2.24) is 5.32 Å². The standard InChI is InChI=1S/C19H29FN2/c1-2-15-11-18(21-12-16-5-3-4-6-16)14-22(13-15)19-9-7-17(20)8-10-19/h7-10,15-16,18,21H,2-6,11-14H2,1H3. The van der Waals surface area contributed by atoms with Gasteiger partial charge in [-0.25, -0.2) is 4.39 Å². The molecule has 3 rings (SSSR count). The van der Waals surface area contributed by atoms with Gasteiger partial charge in [0.15, 0.2) is 0 Å². The van der Waals surface area contributed by atoms with E-state index in [0.717, 1.165) is 30.6 Å². The smallest absolute Gasteiger partial charge is 0.123 e. The van der Waals surface area contributed by atoms with Crippen molar-refractivity contribution in [2.75, 3.05) is 24.5 Å². The molecule has 2 atom stereocenters. The van der Waals surface area contributed by atoms with E-state index in [1.807, 2.05) is 12.1 Å². The molecule has 1 saturated carbocycles. The lowest BCUT2D eigenvalue weighted by Gasteiger charge is -2.39. The summed E-state index contributed by atoms with van der Waals surface area (Å²) in [5, 5.41) is 3.82. The molecule has 1 N–H and O–H groups in total. The number of piperidine rings is 1. The van der Waals surface area contributed by atoms with Gasteiger partial charge in [-0.15, -0.1) is 0 Å². The van der Waals surface area contributed by atoms with E-state index in [1.54, 1.807) is 12.1 Å². The zero-order chi connectivity index (χ0) is 15.4. The first kappa shape index (κ1) is 15.8. The fourth-order valence-corrected chi connectivity index (χ4v) is 4.06. The maximum Gasteiger partial charge on any atom is 0.123 e. The monoisotopic (exact) mass is 304 g/mol. The fourth-order valence-electron chi connectivity index (χ4n) is 4.06. The van der Waals surface area contributed by atoms with E-state index in [-0.39, 0.29) is 5.82 Å². The Balaban J connectivity index is 1.60. The molecule has 1 aromatic rings. The highest BCUT2D eigenvalue weighted by atomic mass is 19.1. The largest absolute Gasteiger partial charge is 0.370 e. The van der Waals surface area contributed by atoms with Gasteiger partial charge in [0, 0.05) is 24.8 Å². The zero-order valence-corrected chi connectivity index (χ0v) is 13.7. The lowest BCUT2D eigenvalue weighted by molar-refractivity contribution is 0.312. The second-order valence-electron chi connectivity index (χ2n) is 7.15. The maximum atomic E-state index is 13.1. The van der Waals surface area contributed by atoms with Crippen LogP contribution in [0.3, 0.4) is 0 Å². The molecule has 2 aliphatic rings. The van der Waals surface area contributed by atoms with Crippen LogP contribution in [0.5, 0.6) is 0 Å². The molecule has 3 heteroatoms. The van der Waals surface area contributed by atoms with E-state index in [4.69, 9.17) is 0 Å². The van der Waals surface area contributed by atoms with Crippen molar-refractivity contribution in [1.29, 1.82) is 0 Å². The first-order valence-corrected chi connectivity index (χ1v) is 8.98. The van der Waals surface area contributed by atoms with Gasteiger partial charge < -0.3 is 10.2 Å². The Morgan fingerprint density at radius 1 is 1.09 bits per heavy atom. The summed E-state index contributed by atoms with van der Waals surface area (Å²) in [5.74, 6) is 1.48. The van der Waals surface area contributed by atoms with Gasteiger partial charge in [0.1, 0.15) is 5.82 Å². The minimum absolute atomic E-state index is 0.149. The molecule has 0 amide bonds. The van der Waals surface area contributed by atoms with Crippen molar-refractivity contribution < 1.29 is 4.39 Å². The summed E-state index contributed by atoms with van der Waals surface area (Å²) in [6.07, 6.45) is 8.13. The molecule has 122 valence electrons. The number of anilines is 1. The van der Waals surface area contributed by atoms with Crippen LogP contribution in [0.1, 0.15) is 45.4 Å². The van der Waals surface area contributed by atoms with E-state index < -0.39 is 0 Å². The molecule has 1 saturated heterocycles. The molecule has 0 spiro atoms. The third-order valence-corrected chi connectivity index (χ3v) is 5.48. The van der Waals surface area contributed by atoms with Gasteiger partial charge in [0.25, 0.3) is 0 Å². The highest BCUT2D eigenvalue weighted by molar-refractivity contribution is 5.47. The second-order valence-corrected chi connectivity index (χ2v) is 7.15. The van der Waals surface area contributed by atoms with Gasteiger partial charge in [-0.1, -0.05) is 26.2 Å². The van der Waals surface area contributed by atoms with Crippen LogP contribution in [-0.4, -0.2) is 25.7 Å². The van der Waals surface area contributed by atoms with Crippen molar-refractivity contribution in [3.8, 4) is 0 Å². The van der Waals surface area contributed by atoms with E-state index in [9.17, 15) is 4.39 Å². The average Bonchev–Trinajstić information content (AvgIpc) is 3.07. The summed E-state index contributed by atoms with van der Waals surface area (Å²) in [6, 6.07) is 7.56. The average molecular weight is 304 g/mol. The van der Waals surface area contributed by atoms with E-state index in [0.29, 0.717) is 6.04 Å². The molecule has 1 aliphatic heterocycles. The number of rotatable bonds is 5. The molecule has 0 aromatic heterocycles. The third kappa shape index (κ3) is 4.01. The minimum Gasteiger partial charge on any atom is -0.370 e. The SMILES string of the molecule is CCC1CC(NCC2CCCC2)CN(c2ccc(F)cc2)C1. The van der Waals surface area contributed by atoms with Gasteiger partial charge in [-0.05, 0) is 61.9 Å². The fraction of sp³-hybridized carbons (Fsp3) is 0.684. The molecule has 0 radical (unpaired) electrons. The van der Waals surface area contributed by atoms with E-state index in [1.165, 1.54) is 45.1 Å². The lowest BCUT2D eigenvalue weighted by Crippen LogP contribution is -2.50. The summed E-state index contributed by atoms with van der Waals surface area (Å²) in [5.41, 5.74) is 1.16. The Labute approximate surface area is 134 Å². The number of hydrogen-bond donors (Lipinski definition) is 1. The highest BCUT2D eigenvalue weighted by Crippen LogP contribution is 2.27. The van der Waals surface area contributed by atoms with Gasteiger partial charge in [-0.3, -0.25) is 0 Å². The summed E-state index contributed by atoms with van der Waals surface area (Å²) < 4.78 is 13.1. The van der Waals surface area contributed by atoms with Gasteiger partial charge >= 0.3 is 0 Å². The Hall–Kier alpha value is -1.09. The van der Waals surface area contributed by atoms with E-state index in [2.05, 4.69) is 17.1 Å². The molecule has 1 heterocycles. The molecular formula is C19H29FN2. The molecule has 1 aromatic carbocycles. The molecule has 0 bridgehead atoms. The van der Waals surface area contributed by atoms with Crippen molar-refractivity contribution in [3.63, 3.8) is 0 Å². The Morgan fingerprint density at radius 2 is 1.82 bits per heavy atom. The van der Waals surface area contributed by atoms with Crippen LogP contribution in [0.2, 0.25) is 0 Å². The highest BCUT2D eigenvalue weighted by Gasteiger charge is 2.27. The topological polar surface area (TPSA) is 15.3 Å². The van der Waals surface area contributed by atoms with Crippen molar-refractivity contribution in [3.05, 3.63) is 30.1 Å². The Kier molecular flexibility index (Phi) is 5.35. The molecular weight excluding hydrogens is 275 g/mol. The third-order valence-electron chi connectivity index (χ3n) is 5.48. The predicted octanol–water partition coefficient (Wildman–Crippen LogP) is 4.21. The van der Waals surface area contributed by atoms with Crippen LogP contribution >= 0.6 is 0 Å². The second kappa shape index (κ2) is 7.45.